The molecule has 9 heavy (non-hydrogen) atoms. The van der Waals surface area contributed by atoms with Gasteiger partial charge in [0.2, 0.25) is 0 Å². The molecular formula is C6H8N2S. The molecule has 0 aliphatic heterocycles. The Hall–Kier alpha value is -0.670. The lowest BCUT2D eigenvalue weighted by molar-refractivity contribution is 1.05. The van der Waals surface area contributed by atoms with Gasteiger partial charge in [0.1, 0.15) is 4.64 Å². The Morgan fingerprint density at radius 1 is 1.67 bits per heavy atom. The fourth-order valence-corrected chi connectivity index (χ4v) is 0.835. The standard InChI is InChI=1S/C6H8N2S/c7-4-5-1-2-8-6(9)3-5/h1-3H,4,7H2,(H,8,9). The third-order valence-electron chi connectivity index (χ3n) is 1.08. The minimum atomic E-state index is 0.554. The Kier molecular flexibility index (Phi) is 1.97. The van der Waals surface area contributed by atoms with Crippen LogP contribution in [0.15, 0.2) is 18.3 Å². The van der Waals surface area contributed by atoms with Crippen molar-refractivity contribution in [1.82, 2.24) is 4.98 Å². The first kappa shape index (κ1) is 6.45. The maximum atomic E-state index is 5.36. The van der Waals surface area contributed by atoms with Crippen LogP contribution in [0.1, 0.15) is 5.56 Å². The van der Waals surface area contributed by atoms with Crippen LogP contribution in [0, 0.1) is 4.64 Å². The Labute approximate surface area is 58.7 Å². The number of hydrogen-bond donors (Lipinski definition) is 2. The van der Waals surface area contributed by atoms with Crippen molar-refractivity contribution < 1.29 is 0 Å². The van der Waals surface area contributed by atoms with Crippen molar-refractivity contribution in [1.29, 1.82) is 0 Å². The van der Waals surface area contributed by atoms with Crippen LogP contribution < -0.4 is 5.73 Å². The number of hydrogen-bond acceptors (Lipinski definition) is 2. The first-order valence-electron chi connectivity index (χ1n) is 2.70. The highest BCUT2D eigenvalue weighted by Crippen LogP contribution is 1.94. The molecule has 0 aromatic carbocycles. The maximum absolute atomic E-state index is 5.36. The largest absolute Gasteiger partial charge is 0.353 e. The monoisotopic (exact) mass is 140 g/mol. The van der Waals surface area contributed by atoms with E-state index in [9.17, 15) is 0 Å². The number of nitrogens with two attached hydrogens (primary N) is 1. The van der Waals surface area contributed by atoms with Crippen LogP contribution in [0.25, 0.3) is 0 Å². The fraction of sp³-hybridized carbons (Fsp3) is 0.167. The molecule has 1 aromatic heterocycles. The van der Waals surface area contributed by atoms with Gasteiger partial charge in [-0.1, -0.05) is 12.2 Å². The van der Waals surface area contributed by atoms with Gasteiger partial charge < -0.3 is 10.7 Å². The highest BCUT2D eigenvalue weighted by atomic mass is 32.1. The summed E-state index contributed by atoms with van der Waals surface area (Å²) in [6, 6.07) is 3.77. The third-order valence-corrected chi connectivity index (χ3v) is 1.31. The zero-order valence-electron chi connectivity index (χ0n) is 4.92. The SMILES string of the molecule is NCc1cc[nH]c(=S)c1. The van der Waals surface area contributed by atoms with Gasteiger partial charge >= 0.3 is 0 Å². The lowest BCUT2D eigenvalue weighted by atomic mass is 10.3. The molecule has 48 valence electrons. The molecule has 3 heteroatoms. The normalized spacial score (nSPS) is 9.44. The summed E-state index contributed by atoms with van der Waals surface area (Å²) in [5, 5.41) is 0. The van der Waals surface area contributed by atoms with E-state index in [1.54, 1.807) is 6.20 Å². The lowest BCUT2D eigenvalue weighted by Gasteiger charge is -1.91. The fourth-order valence-electron chi connectivity index (χ4n) is 0.616. The summed E-state index contributed by atoms with van der Waals surface area (Å²) in [5.41, 5.74) is 6.43. The zero-order valence-corrected chi connectivity index (χ0v) is 5.74. The molecule has 0 saturated carbocycles. The van der Waals surface area contributed by atoms with Crippen molar-refractivity contribution in [2.75, 3.05) is 0 Å². The van der Waals surface area contributed by atoms with E-state index in [1.807, 2.05) is 12.1 Å². The summed E-state index contributed by atoms with van der Waals surface area (Å²) < 4.78 is 0.734. The molecule has 0 fully saturated rings. The third kappa shape index (κ3) is 1.62. The van der Waals surface area contributed by atoms with Gasteiger partial charge in [-0.2, -0.15) is 0 Å². The molecule has 0 unspecified atom stereocenters. The Morgan fingerprint density at radius 3 is 2.89 bits per heavy atom. The first-order valence-corrected chi connectivity index (χ1v) is 3.11. The van der Waals surface area contributed by atoms with Gasteiger partial charge in [-0.25, -0.2) is 0 Å². The topological polar surface area (TPSA) is 41.8 Å². The molecule has 3 N–H and O–H groups in total. The van der Waals surface area contributed by atoms with E-state index in [0.717, 1.165) is 10.2 Å². The van der Waals surface area contributed by atoms with Gasteiger partial charge in [-0.3, -0.25) is 0 Å². The second-order valence-corrected chi connectivity index (χ2v) is 2.21. The van der Waals surface area contributed by atoms with Crippen molar-refractivity contribution in [2.24, 2.45) is 5.73 Å². The second kappa shape index (κ2) is 2.75. The average Bonchev–Trinajstić information content (AvgIpc) is 1.88. The molecule has 0 aliphatic carbocycles. The molecule has 0 saturated heterocycles. The number of aromatic amines is 1. The van der Waals surface area contributed by atoms with E-state index in [-0.39, 0.29) is 0 Å². The summed E-state index contributed by atoms with van der Waals surface area (Å²) in [4.78, 5) is 2.87. The maximum Gasteiger partial charge on any atom is 0.103 e. The molecule has 0 atom stereocenters. The molecule has 0 spiro atoms. The summed E-state index contributed by atoms with van der Waals surface area (Å²) >= 11 is 4.85. The molecular weight excluding hydrogens is 132 g/mol. The molecule has 1 heterocycles. The van der Waals surface area contributed by atoms with E-state index in [1.165, 1.54) is 0 Å². The summed E-state index contributed by atoms with van der Waals surface area (Å²) in [6.45, 7) is 0.554. The summed E-state index contributed by atoms with van der Waals surface area (Å²) in [6.07, 6.45) is 1.80. The van der Waals surface area contributed by atoms with E-state index in [4.69, 9.17) is 18.0 Å². The van der Waals surface area contributed by atoms with Crippen LogP contribution in [0.4, 0.5) is 0 Å². The summed E-state index contributed by atoms with van der Waals surface area (Å²) in [5.74, 6) is 0. The van der Waals surface area contributed by atoms with Gasteiger partial charge in [0.25, 0.3) is 0 Å². The minimum absolute atomic E-state index is 0.554. The number of rotatable bonds is 1. The van der Waals surface area contributed by atoms with E-state index >= 15 is 0 Å². The molecule has 0 amide bonds. The zero-order chi connectivity index (χ0) is 6.69. The predicted octanol–water partition coefficient (Wildman–Crippen LogP) is 1.20. The Bertz CT molecular complexity index is 241. The quantitative estimate of drug-likeness (QED) is 0.575. The van der Waals surface area contributed by atoms with Crippen molar-refractivity contribution in [3.05, 3.63) is 28.5 Å². The van der Waals surface area contributed by atoms with E-state index in [0.29, 0.717) is 6.54 Å². The van der Waals surface area contributed by atoms with Crippen molar-refractivity contribution in [2.45, 2.75) is 6.54 Å². The minimum Gasteiger partial charge on any atom is -0.353 e. The smallest absolute Gasteiger partial charge is 0.103 e. The molecule has 1 aromatic rings. The van der Waals surface area contributed by atoms with Gasteiger partial charge in [-0.05, 0) is 17.7 Å². The molecule has 0 aliphatic rings. The van der Waals surface area contributed by atoms with Crippen LogP contribution in [0.3, 0.4) is 0 Å². The van der Waals surface area contributed by atoms with E-state index in [2.05, 4.69) is 4.98 Å². The number of H-pyrrole nitrogens is 1. The van der Waals surface area contributed by atoms with E-state index < -0.39 is 0 Å². The average molecular weight is 140 g/mol. The molecule has 2 nitrogen and oxygen atoms in total. The van der Waals surface area contributed by atoms with Gasteiger partial charge in [0.15, 0.2) is 0 Å². The van der Waals surface area contributed by atoms with Gasteiger partial charge in [-0.15, -0.1) is 0 Å². The highest BCUT2D eigenvalue weighted by molar-refractivity contribution is 7.71. The lowest BCUT2D eigenvalue weighted by Crippen LogP contribution is -1.95. The van der Waals surface area contributed by atoms with Crippen LogP contribution in [0.2, 0.25) is 0 Å². The van der Waals surface area contributed by atoms with Crippen LogP contribution in [-0.4, -0.2) is 4.98 Å². The van der Waals surface area contributed by atoms with Crippen molar-refractivity contribution in [3.8, 4) is 0 Å². The summed E-state index contributed by atoms with van der Waals surface area (Å²) in [7, 11) is 0. The molecule has 0 bridgehead atoms. The first-order chi connectivity index (χ1) is 4.33. The second-order valence-electron chi connectivity index (χ2n) is 1.77. The van der Waals surface area contributed by atoms with Gasteiger partial charge in [0.05, 0.1) is 0 Å². The van der Waals surface area contributed by atoms with Crippen molar-refractivity contribution >= 4 is 12.2 Å². The van der Waals surface area contributed by atoms with Crippen LogP contribution in [0.5, 0.6) is 0 Å². The van der Waals surface area contributed by atoms with Crippen LogP contribution in [-0.2, 0) is 6.54 Å². The number of aromatic nitrogens is 1. The number of nitrogens with one attached hydrogen (secondary N) is 1. The molecule has 1 rings (SSSR count). The van der Waals surface area contributed by atoms with Gasteiger partial charge in [0, 0.05) is 12.7 Å². The highest BCUT2D eigenvalue weighted by Gasteiger charge is 1.83. The van der Waals surface area contributed by atoms with Crippen LogP contribution >= 0.6 is 12.2 Å². The Balaban J connectivity index is 3.08. The van der Waals surface area contributed by atoms with Crippen molar-refractivity contribution in [3.63, 3.8) is 0 Å². The predicted molar refractivity (Wildman–Crippen MR) is 39.5 cm³/mol. The number of pyridine rings is 1. The Morgan fingerprint density at radius 2 is 2.44 bits per heavy atom. The molecule has 0 radical (unpaired) electrons.